The lowest BCUT2D eigenvalue weighted by Crippen LogP contribution is -1.91. The largest absolute Gasteiger partial charge is 0.467 e. The molecule has 9 heteroatoms. The number of nitrogens with zero attached hydrogens (tertiary/aromatic N) is 2. The van der Waals surface area contributed by atoms with Crippen molar-refractivity contribution in [1.29, 1.82) is 0 Å². The first kappa shape index (κ1) is 19.0. The van der Waals surface area contributed by atoms with Crippen LogP contribution in [0.15, 0.2) is 57.3 Å². The van der Waals surface area contributed by atoms with Gasteiger partial charge < -0.3 is 4.74 Å². The fourth-order valence-electron chi connectivity index (χ4n) is 2.33. The summed E-state index contributed by atoms with van der Waals surface area (Å²) in [4.78, 5) is 11.0. The average molecular weight is 455 g/mol. The second-order valence-electron chi connectivity index (χ2n) is 5.09. The molecule has 0 aliphatic carbocycles. The molecule has 0 saturated carbocycles. The van der Waals surface area contributed by atoms with Crippen molar-refractivity contribution >= 4 is 70.6 Å². The van der Waals surface area contributed by atoms with Gasteiger partial charge in [0.15, 0.2) is 0 Å². The SMILES string of the molecule is COc1ncc(-c2ccc3c(c2)SC(=C2SC(SC)=C(SC)S2)S3)cn1. The van der Waals surface area contributed by atoms with Crippen LogP contribution >= 0.6 is 70.6 Å². The first-order valence-electron chi connectivity index (χ1n) is 7.50. The zero-order valence-corrected chi connectivity index (χ0v) is 19.0. The molecule has 1 aromatic heterocycles. The van der Waals surface area contributed by atoms with Crippen LogP contribution in [0, 0.1) is 0 Å². The molecule has 2 aliphatic rings. The summed E-state index contributed by atoms with van der Waals surface area (Å²) in [6, 6.07) is 6.96. The van der Waals surface area contributed by atoms with Crippen LogP contribution in [0.1, 0.15) is 0 Å². The maximum Gasteiger partial charge on any atom is 0.316 e. The molecule has 26 heavy (non-hydrogen) atoms. The minimum absolute atomic E-state index is 0.392. The third-order valence-corrected chi connectivity index (χ3v) is 11.9. The maximum atomic E-state index is 5.04. The summed E-state index contributed by atoms with van der Waals surface area (Å²) in [7, 11) is 1.58. The molecular weight excluding hydrogens is 441 g/mol. The van der Waals surface area contributed by atoms with Gasteiger partial charge in [0.25, 0.3) is 0 Å². The van der Waals surface area contributed by atoms with Gasteiger partial charge >= 0.3 is 6.01 Å². The van der Waals surface area contributed by atoms with E-state index in [4.69, 9.17) is 4.74 Å². The normalized spacial score (nSPS) is 16.4. The monoisotopic (exact) mass is 454 g/mol. The van der Waals surface area contributed by atoms with Crippen molar-refractivity contribution in [1.82, 2.24) is 9.97 Å². The Morgan fingerprint density at radius 2 is 1.42 bits per heavy atom. The number of aromatic nitrogens is 2. The Balaban J connectivity index is 1.58. The van der Waals surface area contributed by atoms with E-state index in [0.29, 0.717) is 6.01 Å². The topological polar surface area (TPSA) is 35.0 Å². The van der Waals surface area contributed by atoms with Gasteiger partial charge in [-0.05, 0) is 30.2 Å². The lowest BCUT2D eigenvalue weighted by molar-refractivity contribution is 0.380. The second kappa shape index (κ2) is 8.36. The van der Waals surface area contributed by atoms with Crippen molar-refractivity contribution in [3.63, 3.8) is 0 Å². The van der Waals surface area contributed by atoms with E-state index in [0.717, 1.165) is 11.1 Å². The zero-order valence-electron chi connectivity index (χ0n) is 14.1. The fraction of sp³-hybridized carbons (Fsp3) is 0.176. The molecule has 0 saturated heterocycles. The van der Waals surface area contributed by atoms with E-state index in [1.165, 1.54) is 26.7 Å². The van der Waals surface area contributed by atoms with E-state index in [1.807, 2.05) is 83.0 Å². The van der Waals surface area contributed by atoms with Gasteiger partial charge in [-0.3, -0.25) is 0 Å². The highest BCUT2D eigenvalue weighted by atomic mass is 32.3. The van der Waals surface area contributed by atoms with E-state index < -0.39 is 0 Å². The number of fused-ring (bicyclic) bond motifs is 1. The molecule has 0 bridgehead atoms. The second-order valence-corrected chi connectivity index (χ2v) is 11.9. The number of hydrogen-bond acceptors (Lipinski definition) is 9. The van der Waals surface area contributed by atoms with Gasteiger partial charge in [0.1, 0.15) is 0 Å². The van der Waals surface area contributed by atoms with Gasteiger partial charge in [0, 0.05) is 27.7 Å². The molecule has 0 spiro atoms. The Hall–Kier alpha value is -0.320. The highest BCUT2D eigenvalue weighted by Gasteiger charge is 2.28. The number of thioether (sulfide) groups is 6. The smallest absolute Gasteiger partial charge is 0.316 e. The van der Waals surface area contributed by atoms with Crippen LogP contribution in [-0.4, -0.2) is 29.6 Å². The van der Waals surface area contributed by atoms with Gasteiger partial charge in [-0.25, -0.2) is 9.97 Å². The van der Waals surface area contributed by atoms with Gasteiger partial charge in [-0.2, -0.15) is 0 Å². The van der Waals surface area contributed by atoms with Crippen LogP contribution in [0.25, 0.3) is 11.1 Å². The van der Waals surface area contributed by atoms with E-state index in [1.54, 1.807) is 7.11 Å². The minimum atomic E-state index is 0.392. The summed E-state index contributed by atoms with van der Waals surface area (Å²) in [5.41, 5.74) is 2.13. The predicted octanol–water partition coefficient (Wildman–Crippen LogP) is 6.81. The molecule has 2 aliphatic heterocycles. The third-order valence-electron chi connectivity index (χ3n) is 3.57. The zero-order chi connectivity index (χ0) is 18.1. The fourth-order valence-corrected chi connectivity index (χ4v) is 10.2. The third kappa shape index (κ3) is 3.79. The molecule has 1 aromatic carbocycles. The number of ether oxygens (including phenoxy) is 1. The molecular formula is C17H14N2OS6. The summed E-state index contributed by atoms with van der Waals surface area (Å²) in [5.74, 6) is 0. The summed E-state index contributed by atoms with van der Waals surface area (Å²) in [6.07, 6.45) is 7.92. The van der Waals surface area contributed by atoms with Crippen molar-refractivity contribution in [2.45, 2.75) is 9.79 Å². The number of rotatable bonds is 4. The van der Waals surface area contributed by atoms with Gasteiger partial charge in [-0.1, -0.05) is 53.1 Å². The molecule has 0 N–H and O–H groups in total. The Morgan fingerprint density at radius 3 is 2.04 bits per heavy atom. The Morgan fingerprint density at radius 1 is 0.808 bits per heavy atom. The summed E-state index contributed by atoms with van der Waals surface area (Å²) in [5, 5.41) is 0. The van der Waals surface area contributed by atoms with Crippen molar-refractivity contribution in [2.75, 3.05) is 19.6 Å². The van der Waals surface area contributed by atoms with Crippen LogP contribution < -0.4 is 4.74 Å². The molecule has 0 amide bonds. The standard InChI is InChI=1S/C17H14N2OS6/c1-20-17-18-7-10(8-19-17)9-4-5-11-12(6-9)24-15(23-11)16-25-13(21-2)14(22-3)26-16/h4-8H,1-3H3. The van der Waals surface area contributed by atoms with E-state index in [9.17, 15) is 0 Å². The summed E-state index contributed by atoms with van der Waals surface area (Å²) in [6.45, 7) is 0. The van der Waals surface area contributed by atoms with E-state index in [2.05, 4.69) is 40.7 Å². The molecule has 2 aromatic rings. The van der Waals surface area contributed by atoms with Crippen molar-refractivity contribution in [2.24, 2.45) is 0 Å². The van der Waals surface area contributed by atoms with Crippen LogP contribution in [0.5, 0.6) is 6.01 Å². The number of methoxy groups -OCH3 is 1. The van der Waals surface area contributed by atoms with Crippen molar-refractivity contribution in [3.05, 3.63) is 47.5 Å². The van der Waals surface area contributed by atoms with E-state index >= 15 is 0 Å². The van der Waals surface area contributed by atoms with E-state index in [-0.39, 0.29) is 0 Å². The van der Waals surface area contributed by atoms with Crippen LogP contribution in [0.3, 0.4) is 0 Å². The molecule has 3 nitrogen and oxygen atoms in total. The highest BCUT2D eigenvalue weighted by molar-refractivity contribution is 8.41. The summed E-state index contributed by atoms with van der Waals surface area (Å²) < 4.78 is 10.7. The first-order chi connectivity index (χ1) is 12.7. The van der Waals surface area contributed by atoms with Crippen LogP contribution in [0.4, 0.5) is 0 Å². The molecule has 3 heterocycles. The van der Waals surface area contributed by atoms with Crippen molar-refractivity contribution in [3.8, 4) is 17.1 Å². The average Bonchev–Trinajstić information content (AvgIpc) is 3.30. The first-order valence-corrected chi connectivity index (χ1v) is 13.2. The lowest BCUT2D eigenvalue weighted by Gasteiger charge is -2.04. The highest BCUT2D eigenvalue weighted by Crippen LogP contribution is 2.63. The molecule has 0 atom stereocenters. The molecule has 4 rings (SSSR count). The van der Waals surface area contributed by atoms with Crippen LogP contribution in [-0.2, 0) is 0 Å². The predicted molar refractivity (Wildman–Crippen MR) is 122 cm³/mol. The Labute approximate surface area is 178 Å². The van der Waals surface area contributed by atoms with Crippen LogP contribution in [0.2, 0.25) is 0 Å². The molecule has 0 fully saturated rings. The molecule has 0 radical (unpaired) electrons. The van der Waals surface area contributed by atoms with Gasteiger partial charge in [-0.15, -0.1) is 23.5 Å². The minimum Gasteiger partial charge on any atom is -0.467 e. The summed E-state index contributed by atoms with van der Waals surface area (Å²) >= 11 is 11.2. The lowest BCUT2D eigenvalue weighted by atomic mass is 10.1. The maximum absolute atomic E-state index is 5.04. The number of hydrogen-bond donors (Lipinski definition) is 0. The Bertz CT molecular complexity index is 892. The quantitative estimate of drug-likeness (QED) is 0.495. The van der Waals surface area contributed by atoms with Gasteiger partial charge in [0.05, 0.1) is 24.1 Å². The Kier molecular flexibility index (Phi) is 6.12. The molecule has 134 valence electrons. The van der Waals surface area contributed by atoms with Gasteiger partial charge in [0.2, 0.25) is 0 Å². The molecule has 0 unspecified atom stereocenters. The van der Waals surface area contributed by atoms with Crippen molar-refractivity contribution < 1.29 is 4.74 Å². The number of benzene rings is 1.